The predicted molar refractivity (Wildman–Crippen MR) is 76.5 cm³/mol. The number of aryl methyl sites for hydroxylation is 1. The summed E-state index contributed by atoms with van der Waals surface area (Å²) in [5, 5.41) is 13.9. The molecular formula is C11H11F2N5OS2. The van der Waals surface area contributed by atoms with Crippen LogP contribution < -0.4 is 5.32 Å². The number of carbonyl (C=O) groups excluding carboxylic acids is 1. The van der Waals surface area contributed by atoms with Crippen LogP contribution in [-0.2, 0) is 11.8 Å². The Morgan fingerprint density at radius 2 is 2.19 bits per heavy atom. The molecule has 2 aromatic rings. The largest absolute Gasteiger partial charge is 0.324 e. The van der Waals surface area contributed by atoms with E-state index in [1.165, 1.54) is 10.7 Å². The Bertz CT molecular complexity index is 622. The quantitative estimate of drug-likeness (QED) is 0.819. The van der Waals surface area contributed by atoms with E-state index >= 15 is 0 Å². The van der Waals surface area contributed by atoms with Crippen LogP contribution in [0.15, 0.2) is 34.3 Å². The smallest absolute Gasteiger partial charge is 0.288 e. The van der Waals surface area contributed by atoms with E-state index in [1.54, 1.807) is 25.2 Å². The molecule has 0 spiro atoms. The Labute approximate surface area is 127 Å². The molecule has 0 atom stereocenters. The van der Waals surface area contributed by atoms with E-state index in [1.807, 2.05) is 0 Å². The van der Waals surface area contributed by atoms with Crippen molar-refractivity contribution in [2.45, 2.75) is 15.8 Å². The van der Waals surface area contributed by atoms with Gasteiger partial charge in [0, 0.05) is 11.9 Å². The topological polar surface area (TPSA) is 72.7 Å². The maximum absolute atomic E-state index is 12.4. The van der Waals surface area contributed by atoms with Crippen molar-refractivity contribution >= 4 is 35.1 Å². The predicted octanol–water partition coefficient (Wildman–Crippen LogP) is 2.26. The van der Waals surface area contributed by atoms with Crippen LogP contribution in [0.4, 0.5) is 14.5 Å². The van der Waals surface area contributed by atoms with Gasteiger partial charge in [0.2, 0.25) is 11.1 Å². The highest BCUT2D eigenvalue weighted by molar-refractivity contribution is 8.00. The minimum atomic E-state index is -2.54. The second-order valence-electron chi connectivity index (χ2n) is 3.80. The summed E-state index contributed by atoms with van der Waals surface area (Å²) in [5.41, 5.74) is 0.365. The van der Waals surface area contributed by atoms with Gasteiger partial charge in [-0.25, -0.2) is 4.68 Å². The van der Waals surface area contributed by atoms with E-state index in [-0.39, 0.29) is 11.7 Å². The molecule has 1 aromatic carbocycles. The second kappa shape index (κ2) is 7.36. The number of hydrogen-bond donors (Lipinski definition) is 1. The number of hydrogen-bond acceptors (Lipinski definition) is 6. The third-order valence-electron chi connectivity index (χ3n) is 2.29. The van der Waals surface area contributed by atoms with Crippen LogP contribution >= 0.6 is 23.5 Å². The van der Waals surface area contributed by atoms with E-state index in [0.29, 0.717) is 27.5 Å². The first-order valence-electron chi connectivity index (χ1n) is 5.75. The lowest BCUT2D eigenvalue weighted by Crippen LogP contribution is -2.15. The Hall–Kier alpha value is -1.68. The molecule has 0 aliphatic carbocycles. The molecule has 6 nitrogen and oxygen atoms in total. The van der Waals surface area contributed by atoms with Gasteiger partial charge in [0.15, 0.2) is 0 Å². The average molecular weight is 331 g/mol. The van der Waals surface area contributed by atoms with Gasteiger partial charge < -0.3 is 5.32 Å². The maximum atomic E-state index is 12.4. The zero-order valence-electron chi connectivity index (χ0n) is 10.9. The summed E-state index contributed by atoms with van der Waals surface area (Å²) in [6.07, 6.45) is 0. The number of aromatic nitrogens is 4. The van der Waals surface area contributed by atoms with E-state index < -0.39 is 5.76 Å². The van der Waals surface area contributed by atoms with E-state index in [0.717, 1.165) is 11.8 Å². The fraction of sp³-hybridized carbons (Fsp3) is 0.273. The molecule has 1 aromatic heterocycles. The molecule has 2 rings (SSSR count). The van der Waals surface area contributed by atoms with Crippen molar-refractivity contribution in [3.63, 3.8) is 0 Å². The molecule has 10 heteroatoms. The summed E-state index contributed by atoms with van der Waals surface area (Å²) in [5.74, 6) is -2.77. The van der Waals surface area contributed by atoms with Gasteiger partial charge in [-0.15, -0.1) is 5.10 Å². The monoisotopic (exact) mass is 331 g/mol. The van der Waals surface area contributed by atoms with Crippen LogP contribution in [0.3, 0.4) is 0 Å². The molecule has 1 N–H and O–H groups in total. The summed E-state index contributed by atoms with van der Waals surface area (Å²) in [6.45, 7) is 0. The van der Waals surface area contributed by atoms with Gasteiger partial charge in [-0.3, -0.25) is 4.79 Å². The number of benzene rings is 1. The Morgan fingerprint density at radius 1 is 1.43 bits per heavy atom. The Balaban J connectivity index is 1.95. The first-order valence-corrected chi connectivity index (χ1v) is 7.61. The second-order valence-corrected chi connectivity index (χ2v) is 5.77. The summed E-state index contributed by atoms with van der Waals surface area (Å²) in [4.78, 5) is 12.2. The number of alkyl halides is 2. The zero-order chi connectivity index (χ0) is 15.2. The highest BCUT2D eigenvalue weighted by atomic mass is 32.2. The minimum absolute atomic E-state index is 0.0852. The normalized spacial score (nSPS) is 10.9. The molecule has 0 radical (unpaired) electrons. The van der Waals surface area contributed by atoms with E-state index in [4.69, 9.17) is 0 Å². The molecule has 0 saturated heterocycles. The lowest BCUT2D eigenvalue weighted by atomic mass is 10.3. The number of anilines is 1. The summed E-state index contributed by atoms with van der Waals surface area (Å²) in [7, 11) is 1.66. The molecule has 0 aliphatic rings. The Kier molecular flexibility index (Phi) is 5.51. The van der Waals surface area contributed by atoms with Crippen molar-refractivity contribution in [1.82, 2.24) is 20.2 Å². The van der Waals surface area contributed by atoms with Gasteiger partial charge in [0.25, 0.3) is 5.76 Å². The third-order valence-corrected chi connectivity index (χ3v) is 4.09. The molecule has 1 amide bonds. The maximum Gasteiger partial charge on any atom is 0.288 e. The van der Waals surface area contributed by atoms with Crippen LogP contribution in [0.25, 0.3) is 0 Å². The van der Waals surface area contributed by atoms with Crippen molar-refractivity contribution in [2.75, 3.05) is 11.1 Å². The van der Waals surface area contributed by atoms with Crippen LogP contribution in [-0.4, -0.2) is 37.6 Å². The van der Waals surface area contributed by atoms with Gasteiger partial charge in [0.05, 0.1) is 11.4 Å². The number of nitrogens with zero attached hydrogens (tertiary/aromatic N) is 4. The van der Waals surface area contributed by atoms with Crippen LogP contribution in [0, 0.1) is 0 Å². The van der Waals surface area contributed by atoms with Crippen LogP contribution in [0.1, 0.15) is 0 Å². The first-order chi connectivity index (χ1) is 10.1. The number of para-hydroxylation sites is 1. The number of nitrogens with one attached hydrogen (secondary N) is 1. The number of thioether (sulfide) groups is 2. The zero-order valence-corrected chi connectivity index (χ0v) is 12.5. The van der Waals surface area contributed by atoms with Crippen LogP contribution in [0.2, 0.25) is 0 Å². The molecule has 21 heavy (non-hydrogen) atoms. The van der Waals surface area contributed by atoms with Crippen molar-refractivity contribution in [1.29, 1.82) is 0 Å². The molecule has 0 unspecified atom stereocenters. The standard InChI is InChI=1S/C11H11F2N5OS2/c1-18-11(15-16-17-18)20-6-9(19)14-7-4-2-3-5-8(7)21-10(12)13/h2-5,10H,6H2,1H3,(H,14,19). The Morgan fingerprint density at radius 3 is 2.86 bits per heavy atom. The van der Waals surface area contributed by atoms with Crippen molar-refractivity contribution in [3.05, 3.63) is 24.3 Å². The van der Waals surface area contributed by atoms with Crippen molar-refractivity contribution in [3.8, 4) is 0 Å². The van der Waals surface area contributed by atoms with Crippen molar-refractivity contribution in [2.24, 2.45) is 7.05 Å². The highest BCUT2D eigenvalue weighted by Crippen LogP contribution is 2.31. The molecule has 1 heterocycles. The molecule has 0 fully saturated rings. The third kappa shape index (κ3) is 4.67. The highest BCUT2D eigenvalue weighted by Gasteiger charge is 2.13. The number of halogens is 2. The van der Waals surface area contributed by atoms with Gasteiger partial charge in [-0.1, -0.05) is 35.7 Å². The van der Waals surface area contributed by atoms with Gasteiger partial charge in [0.1, 0.15) is 0 Å². The summed E-state index contributed by atoms with van der Waals surface area (Å²) < 4.78 is 26.3. The summed E-state index contributed by atoms with van der Waals surface area (Å²) in [6, 6.07) is 6.43. The fourth-order valence-corrected chi connectivity index (χ4v) is 2.67. The fourth-order valence-electron chi connectivity index (χ4n) is 1.43. The molecule has 112 valence electrons. The molecular weight excluding hydrogens is 320 g/mol. The number of carbonyl (C=O) groups is 1. The van der Waals surface area contributed by atoms with Gasteiger partial charge in [-0.2, -0.15) is 8.78 Å². The summed E-state index contributed by atoms with van der Waals surface area (Å²) >= 11 is 1.55. The molecule has 0 bridgehead atoms. The lowest BCUT2D eigenvalue weighted by molar-refractivity contribution is -0.113. The SMILES string of the molecule is Cn1nnnc1SCC(=O)Nc1ccccc1SC(F)F. The number of amides is 1. The molecule has 0 saturated carbocycles. The average Bonchev–Trinajstić information content (AvgIpc) is 2.84. The number of tetrazole rings is 1. The van der Waals surface area contributed by atoms with E-state index in [2.05, 4.69) is 20.8 Å². The number of rotatable bonds is 6. The van der Waals surface area contributed by atoms with Gasteiger partial charge >= 0.3 is 0 Å². The lowest BCUT2D eigenvalue weighted by Gasteiger charge is -2.09. The van der Waals surface area contributed by atoms with Crippen molar-refractivity contribution < 1.29 is 13.6 Å². The van der Waals surface area contributed by atoms with E-state index in [9.17, 15) is 13.6 Å². The van der Waals surface area contributed by atoms with Crippen LogP contribution in [0.5, 0.6) is 0 Å². The minimum Gasteiger partial charge on any atom is -0.324 e. The first kappa shape index (κ1) is 15.7. The van der Waals surface area contributed by atoms with Gasteiger partial charge in [-0.05, 0) is 22.6 Å². The molecule has 0 aliphatic heterocycles.